The molecule has 4 rings (SSSR count). The molecule has 0 atom stereocenters. The summed E-state index contributed by atoms with van der Waals surface area (Å²) in [7, 11) is 0. The minimum absolute atomic E-state index is 0.524. The molecular weight excluding hydrogens is 276 g/mol. The van der Waals surface area contributed by atoms with Crippen molar-refractivity contribution in [2.75, 3.05) is 0 Å². The van der Waals surface area contributed by atoms with Gasteiger partial charge in [-0.15, -0.1) is 0 Å². The Bertz CT molecular complexity index is 904. The van der Waals surface area contributed by atoms with Crippen LogP contribution in [0.3, 0.4) is 0 Å². The lowest BCUT2D eigenvalue weighted by Gasteiger charge is -2.06. The SMILES string of the molecule is c1ccc(Oc2ncnc3[nH]cc(-c4cccnc4)c23)cc1. The number of nitrogens with one attached hydrogen (secondary N) is 1. The molecule has 0 amide bonds. The summed E-state index contributed by atoms with van der Waals surface area (Å²) in [5.74, 6) is 1.26. The highest BCUT2D eigenvalue weighted by molar-refractivity contribution is 5.97. The molecule has 0 aliphatic heterocycles. The Hall–Kier alpha value is -3.21. The summed E-state index contributed by atoms with van der Waals surface area (Å²) >= 11 is 0. The molecule has 3 aromatic heterocycles. The molecular formula is C17H12N4O. The highest BCUT2D eigenvalue weighted by atomic mass is 16.5. The summed E-state index contributed by atoms with van der Waals surface area (Å²) in [6.07, 6.45) is 6.94. The topological polar surface area (TPSA) is 63.7 Å². The third kappa shape index (κ3) is 2.18. The Balaban J connectivity index is 1.87. The lowest BCUT2D eigenvalue weighted by atomic mass is 10.1. The molecule has 106 valence electrons. The van der Waals surface area contributed by atoms with E-state index in [1.165, 1.54) is 6.33 Å². The molecule has 0 saturated heterocycles. The van der Waals surface area contributed by atoms with Gasteiger partial charge in [0.1, 0.15) is 17.7 Å². The van der Waals surface area contributed by atoms with Crippen molar-refractivity contribution >= 4 is 11.0 Å². The maximum atomic E-state index is 5.92. The van der Waals surface area contributed by atoms with Crippen molar-refractivity contribution in [2.24, 2.45) is 0 Å². The Kier molecular flexibility index (Phi) is 3.01. The van der Waals surface area contributed by atoms with E-state index in [0.717, 1.165) is 27.9 Å². The van der Waals surface area contributed by atoms with Crippen LogP contribution in [0.5, 0.6) is 11.6 Å². The van der Waals surface area contributed by atoms with E-state index >= 15 is 0 Å². The zero-order valence-electron chi connectivity index (χ0n) is 11.6. The number of aromatic nitrogens is 4. The van der Waals surface area contributed by atoms with E-state index < -0.39 is 0 Å². The number of rotatable bonds is 3. The second-order valence-corrected chi connectivity index (χ2v) is 4.76. The molecule has 0 unspecified atom stereocenters. The molecule has 0 aliphatic carbocycles. The predicted octanol–water partition coefficient (Wildman–Crippen LogP) is 3.81. The van der Waals surface area contributed by atoms with Crippen molar-refractivity contribution < 1.29 is 4.74 Å². The number of hydrogen-bond donors (Lipinski definition) is 1. The molecule has 4 aromatic rings. The predicted molar refractivity (Wildman–Crippen MR) is 83.6 cm³/mol. The zero-order valence-corrected chi connectivity index (χ0v) is 11.6. The highest BCUT2D eigenvalue weighted by Crippen LogP contribution is 2.34. The van der Waals surface area contributed by atoms with Crippen LogP contribution in [0.2, 0.25) is 0 Å². The van der Waals surface area contributed by atoms with Gasteiger partial charge in [-0.25, -0.2) is 9.97 Å². The smallest absolute Gasteiger partial charge is 0.232 e. The van der Waals surface area contributed by atoms with Crippen molar-refractivity contribution in [3.8, 4) is 22.8 Å². The highest BCUT2D eigenvalue weighted by Gasteiger charge is 2.14. The van der Waals surface area contributed by atoms with Gasteiger partial charge < -0.3 is 9.72 Å². The quantitative estimate of drug-likeness (QED) is 0.622. The minimum Gasteiger partial charge on any atom is -0.438 e. The Morgan fingerprint density at radius 2 is 1.86 bits per heavy atom. The minimum atomic E-state index is 0.524. The number of pyridine rings is 1. The van der Waals surface area contributed by atoms with Crippen molar-refractivity contribution in [1.82, 2.24) is 19.9 Å². The van der Waals surface area contributed by atoms with E-state index in [9.17, 15) is 0 Å². The van der Waals surface area contributed by atoms with Crippen LogP contribution in [0.15, 0.2) is 67.4 Å². The fourth-order valence-corrected chi connectivity index (χ4v) is 2.36. The second kappa shape index (κ2) is 5.29. The van der Waals surface area contributed by atoms with Crippen LogP contribution in [-0.2, 0) is 0 Å². The Morgan fingerprint density at radius 1 is 0.955 bits per heavy atom. The van der Waals surface area contributed by atoms with Gasteiger partial charge in [-0.1, -0.05) is 24.3 Å². The standard InChI is InChI=1S/C17H12N4O/c1-2-6-13(7-3-1)22-17-15-14(12-5-4-8-18-9-12)10-19-16(15)20-11-21-17/h1-11H,(H,19,20,21). The number of hydrogen-bond acceptors (Lipinski definition) is 4. The fraction of sp³-hybridized carbons (Fsp3) is 0. The fourth-order valence-electron chi connectivity index (χ4n) is 2.36. The zero-order chi connectivity index (χ0) is 14.8. The molecule has 22 heavy (non-hydrogen) atoms. The largest absolute Gasteiger partial charge is 0.438 e. The summed E-state index contributed by atoms with van der Waals surface area (Å²) in [6.45, 7) is 0. The monoisotopic (exact) mass is 288 g/mol. The molecule has 5 heteroatoms. The molecule has 1 N–H and O–H groups in total. The van der Waals surface area contributed by atoms with Crippen LogP contribution < -0.4 is 4.74 Å². The van der Waals surface area contributed by atoms with Crippen LogP contribution >= 0.6 is 0 Å². The van der Waals surface area contributed by atoms with Crippen molar-refractivity contribution in [3.63, 3.8) is 0 Å². The third-order valence-electron chi connectivity index (χ3n) is 3.37. The van der Waals surface area contributed by atoms with Gasteiger partial charge >= 0.3 is 0 Å². The molecule has 0 saturated carbocycles. The molecule has 3 heterocycles. The van der Waals surface area contributed by atoms with E-state index in [4.69, 9.17) is 4.74 Å². The van der Waals surface area contributed by atoms with Gasteiger partial charge in [-0.2, -0.15) is 0 Å². The lowest BCUT2D eigenvalue weighted by molar-refractivity contribution is 0.468. The summed E-state index contributed by atoms with van der Waals surface area (Å²) < 4.78 is 5.92. The number of aromatic amines is 1. The number of H-pyrrole nitrogens is 1. The molecule has 5 nitrogen and oxygen atoms in total. The first-order valence-corrected chi connectivity index (χ1v) is 6.87. The van der Waals surface area contributed by atoms with Crippen LogP contribution in [0.4, 0.5) is 0 Å². The van der Waals surface area contributed by atoms with Crippen LogP contribution in [0.1, 0.15) is 0 Å². The first-order chi connectivity index (χ1) is 10.9. The summed E-state index contributed by atoms with van der Waals surface area (Å²) in [4.78, 5) is 15.9. The molecule has 0 fully saturated rings. The lowest BCUT2D eigenvalue weighted by Crippen LogP contribution is -1.91. The maximum Gasteiger partial charge on any atom is 0.232 e. The third-order valence-corrected chi connectivity index (χ3v) is 3.37. The average molecular weight is 288 g/mol. The molecule has 0 aliphatic rings. The molecule has 0 radical (unpaired) electrons. The number of benzene rings is 1. The maximum absolute atomic E-state index is 5.92. The van der Waals surface area contributed by atoms with Gasteiger partial charge in [-0.3, -0.25) is 4.98 Å². The van der Waals surface area contributed by atoms with Gasteiger partial charge in [0.15, 0.2) is 0 Å². The number of fused-ring (bicyclic) bond motifs is 1. The van der Waals surface area contributed by atoms with Gasteiger partial charge in [0.2, 0.25) is 5.88 Å². The van der Waals surface area contributed by atoms with Crippen LogP contribution in [-0.4, -0.2) is 19.9 Å². The molecule has 0 bridgehead atoms. The van der Waals surface area contributed by atoms with Crippen molar-refractivity contribution in [1.29, 1.82) is 0 Å². The summed E-state index contributed by atoms with van der Waals surface area (Å²) in [5.41, 5.74) is 2.69. The summed E-state index contributed by atoms with van der Waals surface area (Å²) in [5, 5.41) is 0.847. The van der Waals surface area contributed by atoms with Crippen LogP contribution in [0.25, 0.3) is 22.2 Å². The summed E-state index contributed by atoms with van der Waals surface area (Å²) in [6, 6.07) is 13.5. The van der Waals surface area contributed by atoms with Gasteiger partial charge in [0.05, 0.1) is 5.39 Å². The molecule has 0 spiro atoms. The van der Waals surface area contributed by atoms with E-state index in [1.54, 1.807) is 6.20 Å². The average Bonchev–Trinajstić information content (AvgIpc) is 3.02. The van der Waals surface area contributed by atoms with Crippen molar-refractivity contribution in [2.45, 2.75) is 0 Å². The Morgan fingerprint density at radius 3 is 2.68 bits per heavy atom. The number of para-hydroxylation sites is 1. The molecule has 1 aromatic carbocycles. The van der Waals surface area contributed by atoms with Gasteiger partial charge in [-0.05, 0) is 18.2 Å². The second-order valence-electron chi connectivity index (χ2n) is 4.76. The van der Waals surface area contributed by atoms with E-state index in [-0.39, 0.29) is 0 Å². The van der Waals surface area contributed by atoms with Crippen LogP contribution in [0, 0.1) is 0 Å². The normalized spacial score (nSPS) is 10.7. The van der Waals surface area contributed by atoms with E-state index in [0.29, 0.717) is 5.88 Å². The van der Waals surface area contributed by atoms with Gasteiger partial charge in [0.25, 0.3) is 0 Å². The number of ether oxygens (including phenoxy) is 1. The van der Waals surface area contributed by atoms with E-state index in [1.807, 2.05) is 54.9 Å². The van der Waals surface area contributed by atoms with Gasteiger partial charge in [0, 0.05) is 29.7 Å². The first kappa shape index (κ1) is 12.5. The van der Waals surface area contributed by atoms with Crippen molar-refractivity contribution in [3.05, 3.63) is 67.4 Å². The van der Waals surface area contributed by atoms with E-state index in [2.05, 4.69) is 19.9 Å². The first-order valence-electron chi connectivity index (χ1n) is 6.87. The number of nitrogens with zero attached hydrogens (tertiary/aromatic N) is 3. The Labute approximate surface area is 126 Å².